The Morgan fingerprint density at radius 3 is 2.50 bits per heavy atom. The molecule has 0 aromatic carbocycles. The summed E-state index contributed by atoms with van der Waals surface area (Å²) in [6, 6.07) is 0. The summed E-state index contributed by atoms with van der Waals surface area (Å²) in [5, 5.41) is 15.5. The molecule has 2 rings (SSSR count). The molecule has 1 unspecified atom stereocenters. The van der Waals surface area contributed by atoms with E-state index in [0.717, 1.165) is 24.2 Å². The Labute approximate surface area is 101 Å². The van der Waals surface area contributed by atoms with E-state index in [1.165, 1.54) is 0 Å². The third kappa shape index (κ3) is 1.76. The molecule has 0 spiro atoms. The van der Waals surface area contributed by atoms with E-state index < -0.39 is 5.60 Å². The molecule has 1 heterocycles. The van der Waals surface area contributed by atoms with Crippen molar-refractivity contribution in [3.63, 3.8) is 0 Å². The van der Waals surface area contributed by atoms with Crippen LogP contribution < -0.4 is 0 Å². The summed E-state index contributed by atoms with van der Waals surface area (Å²) in [5.41, 5.74) is 1.11. The topological polar surface area (TPSA) is 38.0 Å². The van der Waals surface area contributed by atoms with Crippen LogP contribution in [-0.2, 0) is 13.5 Å². The zero-order valence-corrected chi connectivity index (χ0v) is 11.1. The van der Waals surface area contributed by atoms with E-state index in [1.807, 2.05) is 20.9 Å². The molecule has 0 bridgehead atoms. The van der Waals surface area contributed by atoms with Crippen molar-refractivity contribution in [3.05, 3.63) is 16.4 Å². The maximum Gasteiger partial charge on any atom is 0.0848 e. The zero-order chi connectivity index (χ0) is 12.1. The molecule has 1 aliphatic carbocycles. The Hall–Kier alpha value is -0.540. The molecule has 3 nitrogen and oxygen atoms in total. The number of hydrogen-bond donors (Lipinski definition) is 1. The van der Waals surface area contributed by atoms with Gasteiger partial charge in [-0.3, -0.25) is 4.68 Å². The van der Waals surface area contributed by atoms with Gasteiger partial charge >= 0.3 is 0 Å². The van der Waals surface area contributed by atoms with Crippen molar-refractivity contribution in [2.45, 2.75) is 45.6 Å². The number of nitrogens with zero attached hydrogens (tertiary/aromatic N) is 2. The predicted octanol–water partition coefficient (Wildman–Crippen LogP) is 2.48. The highest BCUT2D eigenvalue weighted by Gasteiger charge is 2.52. The molecule has 1 atom stereocenters. The molecule has 1 N–H and O–H groups in total. The first-order valence-corrected chi connectivity index (χ1v) is 6.05. The molecular weight excluding hydrogens is 224 g/mol. The summed E-state index contributed by atoms with van der Waals surface area (Å²) in [4.78, 5) is 0. The Morgan fingerprint density at radius 2 is 2.12 bits per heavy atom. The molecule has 1 saturated carbocycles. The highest BCUT2D eigenvalue weighted by molar-refractivity contribution is 6.31. The fourth-order valence-corrected chi connectivity index (χ4v) is 2.36. The van der Waals surface area contributed by atoms with Crippen LogP contribution in [0.5, 0.6) is 0 Å². The Kier molecular flexibility index (Phi) is 2.59. The van der Waals surface area contributed by atoms with Crippen molar-refractivity contribution < 1.29 is 5.11 Å². The Bertz CT molecular complexity index is 419. The van der Waals surface area contributed by atoms with Gasteiger partial charge in [0.15, 0.2) is 0 Å². The van der Waals surface area contributed by atoms with Gasteiger partial charge in [0.2, 0.25) is 0 Å². The highest BCUT2D eigenvalue weighted by atomic mass is 35.5. The van der Waals surface area contributed by atoms with E-state index >= 15 is 0 Å². The van der Waals surface area contributed by atoms with Crippen LogP contribution in [0.15, 0.2) is 0 Å². The van der Waals surface area contributed by atoms with E-state index in [9.17, 15) is 5.11 Å². The Balaban J connectivity index is 2.27. The minimum atomic E-state index is -0.698. The molecule has 1 aromatic heterocycles. The van der Waals surface area contributed by atoms with Gasteiger partial charge in [0.05, 0.1) is 22.0 Å². The summed E-state index contributed by atoms with van der Waals surface area (Å²) >= 11 is 6.20. The molecule has 4 heteroatoms. The summed E-state index contributed by atoms with van der Waals surface area (Å²) in [6.45, 7) is 5.92. The second kappa shape index (κ2) is 3.47. The number of hydrogen-bond acceptors (Lipinski definition) is 2. The van der Waals surface area contributed by atoms with Gasteiger partial charge < -0.3 is 5.11 Å². The number of rotatable bonds is 3. The minimum Gasteiger partial charge on any atom is -0.389 e. The van der Waals surface area contributed by atoms with Crippen LogP contribution in [0, 0.1) is 12.3 Å². The van der Waals surface area contributed by atoms with Crippen LogP contribution in [0.2, 0.25) is 5.02 Å². The van der Waals surface area contributed by atoms with E-state index in [2.05, 4.69) is 12.0 Å². The van der Waals surface area contributed by atoms with Crippen molar-refractivity contribution in [2.75, 3.05) is 0 Å². The largest absolute Gasteiger partial charge is 0.389 e. The lowest BCUT2D eigenvalue weighted by Crippen LogP contribution is -2.37. The monoisotopic (exact) mass is 242 g/mol. The molecule has 1 fully saturated rings. The molecule has 1 aliphatic rings. The quantitative estimate of drug-likeness (QED) is 0.884. The molecule has 1 aromatic rings. The molecule has 90 valence electrons. The summed E-state index contributed by atoms with van der Waals surface area (Å²) < 4.78 is 1.78. The number of aliphatic hydroxyl groups is 1. The fraction of sp³-hybridized carbons (Fsp3) is 0.750. The van der Waals surface area contributed by atoms with Gasteiger partial charge in [-0.15, -0.1) is 0 Å². The van der Waals surface area contributed by atoms with Crippen LogP contribution in [0.3, 0.4) is 0 Å². The lowest BCUT2D eigenvalue weighted by Gasteiger charge is -2.30. The third-order valence-corrected chi connectivity index (χ3v) is 4.57. The SMILES string of the molecule is Cc1nn(C)c(CC(C)(O)C2(C)CC2)c1Cl. The van der Waals surface area contributed by atoms with Gasteiger partial charge in [-0.2, -0.15) is 5.10 Å². The van der Waals surface area contributed by atoms with Crippen LogP contribution in [0.1, 0.15) is 38.1 Å². The third-order valence-electron chi connectivity index (χ3n) is 4.07. The van der Waals surface area contributed by atoms with Crippen LogP contribution in [0.4, 0.5) is 0 Å². The Morgan fingerprint density at radius 1 is 1.56 bits per heavy atom. The van der Waals surface area contributed by atoms with Gasteiger partial charge in [0.25, 0.3) is 0 Å². The van der Waals surface area contributed by atoms with Gasteiger partial charge in [0.1, 0.15) is 0 Å². The maximum absolute atomic E-state index is 10.5. The molecule has 0 amide bonds. The van der Waals surface area contributed by atoms with Crippen molar-refractivity contribution in [1.29, 1.82) is 0 Å². The fourth-order valence-electron chi connectivity index (χ4n) is 2.14. The van der Waals surface area contributed by atoms with E-state index in [1.54, 1.807) is 4.68 Å². The van der Waals surface area contributed by atoms with Gasteiger partial charge in [-0.25, -0.2) is 0 Å². The average molecular weight is 243 g/mol. The van der Waals surface area contributed by atoms with E-state index in [0.29, 0.717) is 11.4 Å². The van der Waals surface area contributed by atoms with Crippen molar-refractivity contribution in [1.82, 2.24) is 9.78 Å². The second-order valence-electron chi connectivity index (χ2n) is 5.48. The lowest BCUT2D eigenvalue weighted by atomic mass is 9.83. The lowest BCUT2D eigenvalue weighted by molar-refractivity contribution is -0.00853. The minimum absolute atomic E-state index is 0.0501. The summed E-state index contributed by atoms with van der Waals surface area (Å²) in [7, 11) is 1.87. The average Bonchev–Trinajstić information content (AvgIpc) is 2.88. The first-order chi connectivity index (χ1) is 7.27. The number of aryl methyl sites for hydroxylation is 2. The van der Waals surface area contributed by atoms with Crippen LogP contribution >= 0.6 is 11.6 Å². The number of halogens is 1. The van der Waals surface area contributed by atoms with Crippen molar-refractivity contribution >= 4 is 11.6 Å². The van der Waals surface area contributed by atoms with Gasteiger partial charge in [0, 0.05) is 13.5 Å². The molecular formula is C12H19ClN2O. The summed E-state index contributed by atoms with van der Waals surface area (Å²) in [5.74, 6) is 0. The van der Waals surface area contributed by atoms with Crippen LogP contribution in [-0.4, -0.2) is 20.5 Å². The molecule has 16 heavy (non-hydrogen) atoms. The van der Waals surface area contributed by atoms with Crippen molar-refractivity contribution in [3.8, 4) is 0 Å². The molecule has 0 radical (unpaired) electrons. The van der Waals surface area contributed by atoms with Gasteiger partial charge in [-0.05, 0) is 32.1 Å². The van der Waals surface area contributed by atoms with E-state index in [4.69, 9.17) is 11.6 Å². The molecule has 0 aliphatic heterocycles. The normalized spacial score (nSPS) is 21.9. The van der Waals surface area contributed by atoms with Crippen molar-refractivity contribution in [2.24, 2.45) is 12.5 Å². The smallest absolute Gasteiger partial charge is 0.0848 e. The first kappa shape index (κ1) is 11.9. The predicted molar refractivity (Wildman–Crippen MR) is 64.6 cm³/mol. The molecule has 0 saturated heterocycles. The highest BCUT2D eigenvalue weighted by Crippen LogP contribution is 2.54. The zero-order valence-electron chi connectivity index (χ0n) is 10.3. The second-order valence-corrected chi connectivity index (χ2v) is 5.86. The standard InChI is InChI=1S/C12H19ClN2O/c1-8-10(13)9(15(4)14-8)7-12(3,16)11(2)5-6-11/h16H,5-7H2,1-4H3. The van der Waals surface area contributed by atoms with E-state index in [-0.39, 0.29) is 5.41 Å². The maximum atomic E-state index is 10.5. The summed E-state index contributed by atoms with van der Waals surface area (Å²) in [6.07, 6.45) is 2.75. The van der Waals surface area contributed by atoms with Crippen LogP contribution in [0.25, 0.3) is 0 Å². The van der Waals surface area contributed by atoms with Gasteiger partial charge in [-0.1, -0.05) is 18.5 Å². The number of aromatic nitrogens is 2. The first-order valence-electron chi connectivity index (χ1n) is 5.67.